The number of carbonyl (C=O) groups is 1. The van der Waals surface area contributed by atoms with E-state index in [0.29, 0.717) is 6.54 Å². The van der Waals surface area contributed by atoms with Gasteiger partial charge >= 0.3 is 0 Å². The summed E-state index contributed by atoms with van der Waals surface area (Å²) in [5, 5.41) is 2.76. The number of ether oxygens (including phenoxy) is 1. The molecule has 1 unspecified atom stereocenters. The Kier molecular flexibility index (Phi) is 8.16. The van der Waals surface area contributed by atoms with Crippen LogP contribution >= 0.6 is 28.3 Å². The zero-order valence-corrected chi connectivity index (χ0v) is 11.9. The fraction of sp³-hybridized carbons (Fsp3) is 0.364. The van der Waals surface area contributed by atoms with Crippen molar-refractivity contribution in [2.24, 2.45) is 5.73 Å². The molecule has 6 heteroatoms. The fourth-order valence-corrected chi connectivity index (χ4v) is 1.48. The molecule has 1 rings (SSSR count). The minimum absolute atomic E-state index is 0. The lowest BCUT2D eigenvalue weighted by Gasteiger charge is -2.12. The van der Waals surface area contributed by atoms with Crippen LogP contribution in [-0.2, 0) is 16.1 Å². The van der Waals surface area contributed by atoms with Gasteiger partial charge in [-0.3, -0.25) is 4.79 Å². The van der Waals surface area contributed by atoms with E-state index >= 15 is 0 Å². The van der Waals surface area contributed by atoms with Crippen molar-refractivity contribution in [1.82, 2.24) is 5.32 Å². The summed E-state index contributed by atoms with van der Waals surface area (Å²) in [5.41, 5.74) is 6.41. The zero-order valence-electron chi connectivity index (χ0n) is 9.48. The van der Waals surface area contributed by atoms with Crippen molar-refractivity contribution in [3.05, 3.63) is 34.3 Å². The molecule has 0 bridgehead atoms. The van der Waals surface area contributed by atoms with Crippen LogP contribution in [0.25, 0.3) is 0 Å². The van der Waals surface area contributed by atoms with Crippen LogP contribution in [0, 0.1) is 0 Å². The van der Waals surface area contributed by atoms with Crippen LogP contribution in [0.3, 0.4) is 0 Å². The Morgan fingerprint density at radius 1 is 1.47 bits per heavy atom. The van der Waals surface area contributed by atoms with Crippen molar-refractivity contribution in [2.45, 2.75) is 12.6 Å². The van der Waals surface area contributed by atoms with Gasteiger partial charge in [0, 0.05) is 24.7 Å². The minimum Gasteiger partial charge on any atom is -0.370 e. The third-order valence-electron chi connectivity index (χ3n) is 2.17. The zero-order chi connectivity index (χ0) is 12.0. The Bertz CT molecular complexity index is 342. The van der Waals surface area contributed by atoms with Gasteiger partial charge in [0.15, 0.2) is 0 Å². The van der Waals surface area contributed by atoms with Crippen molar-refractivity contribution >= 4 is 34.2 Å². The van der Waals surface area contributed by atoms with E-state index in [1.807, 2.05) is 24.3 Å². The summed E-state index contributed by atoms with van der Waals surface area (Å²) in [4.78, 5) is 11.5. The summed E-state index contributed by atoms with van der Waals surface area (Å²) in [5.74, 6) is -0.187. The number of carbonyl (C=O) groups excluding carboxylic acids is 1. The molecule has 1 aromatic rings. The van der Waals surface area contributed by atoms with E-state index in [0.717, 1.165) is 10.0 Å². The highest BCUT2D eigenvalue weighted by molar-refractivity contribution is 9.10. The highest BCUT2D eigenvalue weighted by atomic mass is 79.9. The van der Waals surface area contributed by atoms with E-state index in [4.69, 9.17) is 10.5 Å². The number of methoxy groups -OCH3 is 1. The monoisotopic (exact) mass is 322 g/mol. The third kappa shape index (κ3) is 5.50. The molecule has 1 amide bonds. The smallest absolute Gasteiger partial charge is 0.250 e. The molecular formula is C11H16BrClN2O2. The lowest BCUT2D eigenvalue weighted by molar-refractivity contribution is -0.130. The molecule has 0 saturated heterocycles. The third-order valence-corrected chi connectivity index (χ3v) is 2.70. The first-order valence-electron chi connectivity index (χ1n) is 4.92. The number of benzene rings is 1. The average molecular weight is 324 g/mol. The summed E-state index contributed by atoms with van der Waals surface area (Å²) in [6.45, 7) is 0.661. The number of halogens is 2. The topological polar surface area (TPSA) is 64.3 Å². The van der Waals surface area contributed by atoms with Crippen LogP contribution < -0.4 is 11.1 Å². The molecule has 0 spiro atoms. The molecule has 1 aromatic carbocycles. The minimum atomic E-state index is -0.574. The van der Waals surface area contributed by atoms with Crippen molar-refractivity contribution in [3.8, 4) is 0 Å². The largest absolute Gasteiger partial charge is 0.370 e. The predicted octanol–water partition coefficient (Wildman–Crippen LogP) is 1.46. The maximum atomic E-state index is 11.5. The van der Waals surface area contributed by atoms with Gasteiger partial charge in [-0.05, 0) is 17.7 Å². The number of amides is 1. The number of rotatable bonds is 5. The van der Waals surface area contributed by atoms with Crippen LogP contribution in [0.2, 0.25) is 0 Å². The summed E-state index contributed by atoms with van der Waals surface area (Å²) >= 11 is 3.35. The van der Waals surface area contributed by atoms with Gasteiger partial charge in [-0.15, -0.1) is 12.4 Å². The van der Waals surface area contributed by atoms with Gasteiger partial charge in [0.25, 0.3) is 5.91 Å². The molecule has 0 fully saturated rings. The van der Waals surface area contributed by atoms with Gasteiger partial charge in [-0.1, -0.05) is 28.1 Å². The van der Waals surface area contributed by atoms with Gasteiger partial charge in [0.05, 0.1) is 0 Å². The number of hydrogen-bond donors (Lipinski definition) is 2. The fourth-order valence-electron chi connectivity index (χ4n) is 1.22. The van der Waals surface area contributed by atoms with Gasteiger partial charge in [-0.25, -0.2) is 0 Å². The molecule has 0 aliphatic rings. The maximum Gasteiger partial charge on any atom is 0.250 e. The molecule has 0 aromatic heterocycles. The van der Waals surface area contributed by atoms with Crippen LogP contribution in [0.5, 0.6) is 0 Å². The van der Waals surface area contributed by atoms with Crippen molar-refractivity contribution in [1.29, 1.82) is 0 Å². The second-order valence-corrected chi connectivity index (χ2v) is 4.22. The highest BCUT2D eigenvalue weighted by Crippen LogP contribution is 2.10. The van der Waals surface area contributed by atoms with Crippen LogP contribution in [0.15, 0.2) is 28.7 Å². The van der Waals surface area contributed by atoms with Crippen LogP contribution in [0.1, 0.15) is 5.56 Å². The maximum absolute atomic E-state index is 11.5. The Labute approximate surface area is 115 Å². The van der Waals surface area contributed by atoms with E-state index in [1.165, 1.54) is 7.11 Å². The molecule has 0 radical (unpaired) electrons. The van der Waals surface area contributed by atoms with E-state index in [1.54, 1.807) is 0 Å². The number of nitrogens with one attached hydrogen (secondary N) is 1. The average Bonchev–Trinajstić information content (AvgIpc) is 2.30. The van der Waals surface area contributed by atoms with Crippen molar-refractivity contribution < 1.29 is 9.53 Å². The molecule has 0 heterocycles. The van der Waals surface area contributed by atoms with Crippen molar-refractivity contribution in [2.75, 3.05) is 13.7 Å². The molecule has 96 valence electrons. The lowest BCUT2D eigenvalue weighted by atomic mass is 10.2. The molecule has 17 heavy (non-hydrogen) atoms. The Morgan fingerprint density at radius 3 is 2.53 bits per heavy atom. The summed E-state index contributed by atoms with van der Waals surface area (Å²) in [6.07, 6.45) is -0.574. The quantitative estimate of drug-likeness (QED) is 0.862. The molecule has 0 aliphatic heterocycles. The number of hydrogen-bond acceptors (Lipinski definition) is 3. The lowest BCUT2D eigenvalue weighted by Crippen LogP contribution is -2.40. The first-order valence-corrected chi connectivity index (χ1v) is 5.71. The molecule has 0 aliphatic carbocycles. The van der Waals surface area contributed by atoms with E-state index in [2.05, 4.69) is 21.2 Å². The number of nitrogens with two attached hydrogens (primary N) is 1. The molecule has 0 saturated carbocycles. The molecular weight excluding hydrogens is 307 g/mol. The Hall–Kier alpha value is -0.620. The summed E-state index contributed by atoms with van der Waals surface area (Å²) in [6, 6.07) is 7.74. The SMILES string of the molecule is COC(CN)C(=O)NCc1ccc(Br)cc1.Cl. The molecule has 4 nitrogen and oxygen atoms in total. The van der Waals surface area contributed by atoms with E-state index < -0.39 is 6.10 Å². The van der Waals surface area contributed by atoms with Gasteiger partial charge in [0.2, 0.25) is 0 Å². The highest BCUT2D eigenvalue weighted by Gasteiger charge is 2.14. The van der Waals surface area contributed by atoms with Crippen molar-refractivity contribution in [3.63, 3.8) is 0 Å². The second kappa shape index (κ2) is 8.47. The van der Waals surface area contributed by atoms with Crippen LogP contribution in [-0.4, -0.2) is 25.7 Å². The predicted molar refractivity (Wildman–Crippen MR) is 73.1 cm³/mol. The summed E-state index contributed by atoms with van der Waals surface area (Å²) in [7, 11) is 1.47. The second-order valence-electron chi connectivity index (χ2n) is 3.30. The normalized spacial score (nSPS) is 11.5. The standard InChI is InChI=1S/C11H15BrN2O2.ClH/c1-16-10(6-13)11(15)14-7-8-2-4-9(12)5-3-8;/h2-5,10H,6-7,13H2,1H3,(H,14,15);1H. The van der Waals surface area contributed by atoms with Crippen LogP contribution in [0.4, 0.5) is 0 Å². The van der Waals surface area contributed by atoms with Gasteiger partial charge in [0.1, 0.15) is 6.10 Å². The molecule has 1 atom stereocenters. The Morgan fingerprint density at radius 2 is 2.06 bits per heavy atom. The van der Waals surface area contributed by atoms with E-state index in [9.17, 15) is 4.79 Å². The van der Waals surface area contributed by atoms with Gasteiger partial charge < -0.3 is 15.8 Å². The van der Waals surface area contributed by atoms with E-state index in [-0.39, 0.29) is 24.9 Å². The van der Waals surface area contributed by atoms with Gasteiger partial charge in [-0.2, -0.15) is 0 Å². The molecule has 3 N–H and O–H groups in total. The first kappa shape index (κ1) is 16.4. The first-order chi connectivity index (χ1) is 7.67. The Balaban J connectivity index is 0.00000256. The summed E-state index contributed by atoms with van der Waals surface area (Å²) < 4.78 is 5.94.